The Morgan fingerprint density at radius 3 is 2.67 bits per heavy atom. The van der Waals surface area contributed by atoms with Crippen LogP contribution in [0, 0.1) is 0 Å². The number of likely N-dealkylation sites (N-methyl/N-ethyl adjacent to an activating group) is 1. The van der Waals surface area contributed by atoms with Gasteiger partial charge in [-0.1, -0.05) is 6.92 Å². The molecule has 106 valence electrons. The van der Waals surface area contributed by atoms with Crippen LogP contribution in [0.15, 0.2) is 0 Å². The van der Waals surface area contributed by atoms with Crippen LogP contribution in [0.25, 0.3) is 0 Å². The van der Waals surface area contributed by atoms with Crippen molar-refractivity contribution in [2.75, 3.05) is 39.3 Å². The van der Waals surface area contributed by atoms with Crippen molar-refractivity contribution in [3.63, 3.8) is 0 Å². The summed E-state index contributed by atoms with van der Waals surface area (Å²) >= 11 is 0. The predicted molar refractivity (Wildman–Crippen MR) is 73.1 cm³/mol. The van der Waals surface area contributed by atoms with E-state index in [1.54, 1.807) is 4.31 Å². The van der Waals surface area contributed by atoms with Crippen molar-refractivity contribution in [1.29, 1.82) is 0 Å². The lowest BCUT2D eigenvalue weighted by atomic mass is 10.2. The molecule has 2 fully saturated rings. The number of rotatable bonds is 3. The number of piperidine rings is 1. The highest BCUT2D eigenvalue weighted by Crippen LogP contribution is 2.20. The van der Waals surface area contributed by atoms with E-state index in [0.717, 1.165) is 32.5 Å². The molecule has 0 aromatic carbocycles. The summed E-state index contributed by atoms with van der Waals surface area (Å²) in [5, 5.41) is 2.98. The molecule has 0 amide bonds. The van der Waals surface area contributed by atoms with Crippen LogP contribution in [0.3, 0.4) is 0 Å². The first-order valence-electron chi connectivity index (χ1n) is 6.99. The maximum Gasteiger partial charge on any atom is 0.218 e. The molecule has 2 saturated heterocycles. The summed E-state index contributed by atoms with van der Waals surface area (Å²) in [6.45, 7) is 8.97. The molecule has 0 aliphatic carbocycles. The maximum atomic E-state index is 12.5. The van der Waals surface area contributed by atoms with Crippen molar-refractivity contribution in [1.82, 2.24) is 14.5 Å². The monoisotopic (exact) mass is 275 g/mol. The largest absolute Gasteiger partial charge is 0.315 e. The fourth-order valence-electron chi connectivity index (χ4n) is 2.95. The molecule has 18 heavy (non-hydrogen) atoms. The Bertz CT molecular complexity index is 366. The Morgan fingerprint density at radius 2 is 2.11 bits per heavy atom. The summed E-state index contributed by atoms with van der Waals surface area (Å²) in [4.78, 5) is 2.34. The highest BCUT2D eigenvalue weighted by atomic mass is 32.2. The van der Waals surface area contributed by atoms with Crippen LogP contribution in [0.4, 0.5) is 0 Å². The number of nitrogens with one attached hydrogen (secondary N) is 1. The van der Waals surface area contributed by atoms with E-state index in [0.29, 0.717) is 25.7 Å². The molecule has 1 N–H and O–H groups in total. The number of hydrogen-bond acceptors (Lipinski definition) is 4. The van der Waals surface area contributed by atoms with Crippen LogP contribution in [0.2, 0.25) is 0 Å². The van der Waals surface area contributed by atoms with Crippen LogP contribution in [0.1, 0.15) is 26.7 Å². The van der Waals surface area contributed by atoms with Crippen LogP contribution >= 0.6 is 0 Å². The molecule has 2 rings (SSSR count). The summed E-state index contributed by atoms with van der Waals surface area (Å²) in [5.41, 5.74) is 0. The highest BCUT2D eigenvalue weighted by molar-refractivity contribution is 7.89. The second-order valence-electron chi connectivity index (χ2n) is 5.35. The summed E-state index contributed by atoms with van der Waals surface area (Å²) < 4.78 is 26.8. The first-order chi connectivity index (χ1) is 8.55. The molecule has 0 bridgehead atoms. The zero-order valence-corrected chi connectivity index (χ0v) is 12.2. The SMILES string of the molecule is CCN1CCN(S(=O)(=O)C2CCCNC2)CC1C. The molecule has 2 aliphatic rings. The zero-order chi connectivity index (χ0) is 13.2. The Hall–Kier alpha value is -0.170. The van der Waals surface area contributed by atoms with E-state index >= 15 is 0 Å². The van der Waals surface area contributed by atoms with Gasteiger partial charge in [0.05, 0.1) is 5.25 Å². The van der Waals surface area contributed by atoms with Gasteiger partial charge in [-0.05, 0) is 32.9 Å². The van der Waals surface area contributed by atoms with Crippen molar-refractivity contribution in [2.24, 2.45) is 0 Å². The van der Waals surface area contributed by atoms with E-state index in [1.807, 2.05) is 0 Å². The standard InChI is InChI=1S/C12H25N3O2S/c1-3-14-7-8-15(10-11(14)2)18(16,17)12-5-4-6-13-9-12/h11-13H,3-10H2,1-2H3. The average molecular weight is 275 g/mol. The van der Waals surface area contributed by atoms with Crippen LogP contribution in [-0.2, 0) is 10.0 Å². The minimum Gasteiger partial charge on any atom is -0.315 e. The molecule has 2 aliphatic heterocycles. The molecule has 0 saturated carbocycles. The third-order valence-corrected chi connectivity index (χ3v) is 6.46. The fraction of sp³-hybridized carbons (Fsp3) is 1.00. The van der Waals surface area contributed by atoms with Crippen molar-refractivity contribution in [3.05, 3.63) is 0 Å². The lowest BCUT2D eigenvalue weighted by Gasteiger charge is -2.40. The van der Waals surface area contributed by atoms with E-state index in [2.05, 4.69) is 24.1 Å². The number of sulfonamides is 1. The third kappa shape index (κ3) is 2.87. The number of nitrogens with zero attached hydrogens (tertiary/aromatic N) is 2. The Morgan fingerprint density at radius 1 is 1.33 bits per heavy atom. The maximum absolute atomic E-state index is 12.5. The second kappa shape index (κ2) is 5.86. The van der Waals surface area contributed by atoms with Gasteiger partial charge in [0.15, 0.2) is 0 Å². The first kappa shape index (κ1) is 14.2. The van der Waals surface area contributed by atoms with Crippen LogP contribution in [0.5, 0.6) is 0 Å². The molecular weight excluding hydrogens is 250 g/mol. The van der Waals surface area contributed by atoms with Gasteiger partial charge < -0.3 is 5.32 Å². The predicted octanol–water partition coefficient (Wildman–Crippen LogP) is 0.0942. The van der Waals surface area contributed by atoms with Crippen molar-refractivity contribution in [3.8, 4) is 0 Å². The fourth-order valence-corrected chi connectivity index (χ4v) is 4.92. The Labute approximate surface area is 111 Å². The smallest absolute Gasteiger partial charge is 0.218 e. The van der Waals surface area contributed by atoms with Crippen LogP contribution < -0.4 is 5.32 Å². The molecule has 5 nitrogen and oxygen atoms in total. The Kier molecular flexibility index (Phi) is 4.64. The van der Waals surface area contributed by atoms with E-state index < -0.39 is 10.0 Å². The van der Waals surface area contributed by atoms with E-state index in [9.17, 15) is 8.42 Å². The lowest BCUT2D eigenvalue weighted by molar-refractivity contribution is 0.134. The van der Waals surface area contributed by atoms with E-state index in [4.69, 9.17) is 0 Å². The van der Waals surface area contributed by atoms with Crippen molar-refractivity contribution >= 4 is 10.0 Å². The van der Waals surface area contributed by atoms with Gasteiger partial charge in [-0.25, -0.2) is 8.42 Å². The summed E-state index contributed by atoms with van der Waals surface area (Å²) in [6, 6.07) is 0.329. The van der Waals surface area contributed by atoms with Gasteiger partial charge >= 0.3 is 0 Å². The number of hydrogen-bond donors (Lipinski definition) is 1. The quantitative estimate of drug-likeness (QED) is 0.793. The normalized spacial score (nSPS) is 32.6. The minimum absolute atomic E-state index is 0.216. The second-order valence-corrected chi connectivity index (χ2v) is 7.56. The molecular formula is C12H25N3O2S. The molecule has 0 aromatic heterocycles. The molecule has 0 radical (unpaired) electrons. The topological polar surface area (TPSA) is 52.7 Å². The van der Waals surface area contributed by atoms with Gasteiger partial charge in [-0.2, -0.15) is 4.31 Å². The average Bonchev–Trinajstić information content (AvgIpc) is 2.39. The van der Waals surface area contributed by atoms with Gasteiger partial charge in [0, 0.05) is 32.2 Å². The lowest BCUT2D eigenvalue weighted by Crippen LogP contribution is -2.56. The van der Waals surface area contributed by atoms with Gasteiger partial charge in [0.2, 0.25) is 10.0 Å². The molecule has 6 heteroatoms. The summed E-state index contributed by atoms with van der Waals surface area (Å²) in [5.74, 6) is 0. The summed E-state index contributed by atoms with van der Waals surface area (Å²) in [6.07, 6.45) is 1.77. The summed E-state index contributed by atoms with van der Waals surface area (Å²) in [7, 11) is -3.11. The third-order valence-electron chi connectivity index (χ3n) is 4.17. The van der Waals surface area contributed by atoms with Crippen LogP contribution in [-0.4, -0.2) is 68.2 Å². The van der Waals surface area contributed by atoms with Gasteiger partial charge in [0.25, 0.3) is 0 Å². The Balaban J connectivity index is 2.02. The molecule has 2 unspecified atom stereocenters. The van der Waals surface area contributed by atoms with Gasteiger partial charge in [0.1, 0.15) is 0 Å². The molecule has 2 heterocycles. The van der Waals surface area contributed by atoms with E-state index in [-0.39, 0.29) is 5.25 Å². The minimum atomic E-state index is -3.11. The highest BCUT2D eigenvalue weighted by Gasteiger charge is 2.36. The molecule has 0 spiro atoms. The van der Waals surface area contributed by atoms with E-state index in [1.165, 1.54) is 0 Å². The van der Waals surface area contributed by atoms with Gasteiger partial charge in [-0.3, -0.25) is 4.90 Å². The molecule has 0 aromatic rings. The van der Waals surface area contributed by atoms with Crippen molar-refractivity contribution in [2.45, 2.75) is 38.0 Å². The first-order valence-corrected chi connectivity index (χ1v) is 8.49. The number of piperazine rings is 1. The molecule has 2 atom stereocenters. The van der Waals surface area contributed by atoms with Gasteiger partial charge in [-0.15, -0.1) is 0 Å². The van der Waals surface area contributed by atoms with Crippen molar-refractivity contribution < 1.29 is 8.42 Å². The zero-order valence-electron chi connectivity index (χ0n) is 11.4.